The molecule has 1 saturated heterocycles. The Labute approximate surface area is 154 Å². The molecule has 6 nitrogen and oxygen atoms in total. The van der Waals surface area contributed by atoms with Gasteiger partial charge in [-0.1, -0.05) is 6.07 Å². The molecule has 26 heavy (non-hydrogen) atoms. The normalized spacial score (nSPS) is 19.3. The lowest BCUT2D eigenvalue weighted by Gasteiger charge is -2.32. The Hall–Kier alpha value is -2.37. The lowest BCUT2D eigenvalue weighted by Crippen LogP contribution is -2.47. The van der Waals surface area contributed by atoms with E-state index in [1.54, 1.807) is 11.9 Å². The van der Waals surface area contributed by atoms with Gasteiger partial charge in [-0.25, -0.2) is 4.98 Å². The number of carbonyl (C=O) groups excluding carboxylic acids is 2. The van der Waals surface area contributed by atoms with Crippen LogP contribution in [0.15, 0.2) is 12.1 Å². The average Bonchev–Trinajstić information content (AvgIpc) is 3.10. The molecule has 1 unspecified atom stereocenters. The fraction of sp³-hybridized carbons (Fsp3) is 0.550. The van der Waals surface area contributed by atoms with Crippen LogP contribution in [-0.2, 0) is 16.0 Å². The van der Waals surface area contributed by atoms with Crippen molar-refractivity contribution in [2.24, 2.45) is 5.92 Å². The maximum Gasteiger partial charge on any atom is 0.225 e. The highest BCUT2D eigenvalue weighted by molar-refractivity contribution is 5.90. The van der Waals surface area contributed by atoms with E-state index in [9.17, 15) is 9.59 Å². The van der Waals surface area contributed by atoms with Gasteiger partial charge in [-0.3, -0.25) is 9.59 Å². The van der Waals surface area contributed by atoms with Crippen LogP contribution in [0.5, 0.6) is 0 Å². The molecule has 0 saturated carbocycles. The lowest BCUT2D eigenvalue weighted by molar-refractivity contribution is -0.128. The molecule has 1 aliphatic heterocycles. The summed E-state index contributed by atoms with van der Waals surface area (Å²) in [6.45, 7) is 8.65. The molecule has 3 rings (SSSR count). The van der Waals surface area contributed by atoms with E-state index in [2.05, 4.69) is 36.3 Å². The van der Waals surface area contributed by atoms with Crippen molar-refractivity contribution in [1.29, 1.82) is 0 Å². The Morgan fingerprint density at radius 2 is 2.12 bits per heavy atom. The number of fused-ring (bicyclic) bond motifs is 1. The molecule has 0 spiro atoms. The smallest absolute Gasteiger partial charge is 0.225 e. The third-order valence-corrected chi connectivity index (χ3v) is 5.90. The number of likely N-dealkylation sites (tertiary alicyclic amines) is 1. The summed E-state index contributed by atoms with van der Waals surface area (Å²) in [6, 6.07) is 4.16. The highest BCUT2D eigenvalue weighted by Gasteiger charge is 2.47. The second kappa shape index (κ2) is 6.74. The highest BCUT2D eigenvalue weighted by Crippen LogP contribution is 2.34. The third kappa shape index (κ3) is 3.20. The van der Waals surface area contributed by atoms with Crippen LogP contribution >= 0.6 is 0 Å². The maximum atomic E-state index is 12.5. The van der Waals surface area contributed by atoms with Gasteiger partial charge in [0, 0.05) is 32.0 Å². The van der Waals surface area contributed by atoms with Crippen molar-refractivity contribution in [1.82, 2.24) is 20.2 Å². The largest absolute Gasteiger partial charge is 0.356 e. The predicted octanol–water partition coefficient (Wildman–Crippen LogP) is 2.49. The molecule has 2 aromatic rings. The number of aromatic amines is 1. The summed E-state index contributed by atoms with van der Waals surface area (Å²) >= 11 is 0. The number of benzene rings is 1. The molecule has 6 heteroatoms. The van der Waals surface area contributed by atoms with E-state index in [1.807, 2.05) is 13.8 Å². The number of nitrogens with one attached hydrogen (secondary N) is 2. The Balaban J connectivity index is 1.54. The van der Waals surface area contributed by atoms with Gasteiger partial charge in [0.2, 0.25) is 11.8 Å². The second-order valence-corrected chi connectivity index (χ2v) is 7.84. The lowest BCUT2D eigenvalue weighted by atomic mass is 9.88. The van der Waals surface area contributed by atoms with Gasteiger partial charge in [-0.05, 0) is 51.3 Å². The fourth-order valence-electron chi connectivity index (χ4n) is 3.60. The van der Waals surface area contributed by atoms with Gasteiger partial charge < -0.3 is 15.2 Å². The van der Waals surface area contributed by atoms with Gasteiger partial charge >= 0.3 is 0 Å². The first-order chi connectivity index (χ1) is 12.2. The van der Waals surface area contributed by atoms with E-state index in [4.69, 9.17) is 4.98 Å². The van der Waals surface area contributed by atoms with Crippen LogP contribution in [0.4, 0.5) is 0 Å². The number of hydrogen-bond acceptors (Lipinski definition) is 3. The zero-order valence-electron chi connectivity index (χ0n) is 16.3. The molecular formula is C20H28N4O2. The number of nitrogens with zero attached hydrogens (tertiary/aromatic N) is 2. The number of amides is 2. The minimum Gasteiger partial charge on any atom is -0.356 e. The van der Waals surface area contributed by atoms with E-state index in [1.165, 1.54) is 11.1 Å². The monoisotopic (exact) mass is 356 g/mol. The Morgan fingerprint density at radius 1 is 1.38 bits per heavy atom. The number of hydrogen-bond donors (Lipinski definition) is 2. The van der Waals surface area contributed by atoms with Crippen LogP contribution in [-0.4, -0.2) is 45.8 Å². The summed E-state index contributed by atoms with van der Waals surface area (Å²) < 4.78 is 0. The zero-order chi connectivity index (χ0) is 19.1. The molecule has 2 N–H and O–H groups in total. The van der Waals surface area contributed by atoms with E-state index in [0.717, 1.165) is 29.7 Å². The summed E-state index contributed by atoms with van der Waals surface area (Å²) in [6.07, 6.45) is 1.87. The van der Waals surface area contributed by atoms with Crippen molar-refractivity contribution < 1.29 is 9.59 Å². The number of rotatable bonds is 5. The summed E-state index contributed by atoms with van der Waals surface area (Å²) in [5, 5.41) is 2.99. The fourth-order valence-corrected chi connectivity index (χ4v) is 3.60. The Kier molecular flexibility index (Phi) is 4.78. The van der Waals surface area contributed by atoms with E-state index < -0.39 is 5.54 Å². The summed E-state index contributed by atoms with van der Waals surface area (Å²) in [4.78, 5) is 34.1. The predicted molar refractivity (Wildman–Crippen MR) is 102 cm³/mol. The molecule has 1 atom stereocenters. The van der Waals surface area contributed by atoms with Crippen LogP contribution in [0.25, 0.3) is 11.0 Å². The first-order valence-electron chi connectivity index (χ1n) is 9.21. The van der Waals surface area contributed by atoms with Crippen molar-refractivity contribution in [3.63, 3.8) is 0 Å². The van der Waals surface area contributed by atoms with Crippen LogP contribution in [0.2, 0.25) is 0 Å². The van der Waals surface area contributed by atoms with Gasteiger partial charge in [0.25, 0.3) is 0 Å². The first-order valence-corrected chi connectivity index (χ1v) is 9.21. The van der Waals surface area contributed by atoms with Crippen LogP contribution in [0, 0.1) is 19.8 Å². The van der Waals surface area contributed by atoms with Gasteiger partial charge in [-0.2, -0.15) is 0 Å². The number of H-pyrrole nitrogens is 1. The minimum absolute atomic E-state index is 0.0306. The molecule has 1 aliphatic rings. The van der Waals surface area contributed by atoms with Crippen molar-refractivity contribution in [3.8, 4) is 0 Å². The molecule has 0 radical (unpaired) electrons. The molecule has 2 amide bonds. The molecule has 140 valence electrons. The second-order valence-electron chi connectivity index (χ2n) is 7.84. The molecular weight excluding hydrogens is 328 g/mol. The van der Waals surface area contributed by atoms with Crippen molar-refractivity contribution in [3.05, 3.63) is 29.1 Å². The van der Waals surface area contributed by atoms with E-state index in [0.29, 0.717) is 6.54 Å². The van der Waals surface area contributed by atoms with Crippen LogP contribution < -0.4 is 5.32 Å². The van der Waals surface area contributed by atoms with Gasteiger partial charge in [-0.15, -0.1) is 0 Å². The summed E-state index contributed by atoms with van der Waals surface area (Å²) in [5.74, 6) is 0.641. The average molecular weight is 356 g/mol. The quantitative estimate of drug-likeness (QED) is 0.808. The minimum atomic E-state index is -0.435. The molecule has 1 aromatic heterocycles. The topological polar surface area (TPSA) is 78.1 Å². The van der Waals surface area contributed by atoms with Gasteiger partial charge in [0.15, 0.2) is 0 Å². The molecule has 1 fully saturated rings. The highest BCUT2D eigenvalue weighted by atomic mass is 16.2. The number of carbonyl (C=O) groups is 2. The SMILES string of the molecule is Cc1ccc2[nH]c(CCCNC(=O)C3CC(=O)N(C)C3(C)C)nc2c1C. The maximum absolute atomic E-state index is 12.5. The number of imidazole rings is 1. The standard InChI is InChI=1S/C20H28N4O2/c1-12-8-9-15-18(13(12)2)23-16(22-15)7-6-10-21-19(26)14-11-17(25)24(5)20(14,3)4/h8-9,14H,6-7,10-11H2,1-5H3,(H,21,26)(H,22,23). The van der Waals surface area contributed by atoms with Crippen molar-refractivity contribution >= 4 is 22.8 Å². The van der Waals surface area contributed by atoms with Crippen LogP contribution in [0.1, 0.15) is 43.6 Å². The Morgan fingerprint density at radius 3 is 2.77 bits per heavy atom. The third-order valence-electron chi connectivity index (χ3n) is 5.90. The van der Waals surface area contributed by atoms with Crippen molar-refractivity contribution in [2.75, 3.05) is 13.6 Å². The van der Waals surface area contributed by atoms with Gasteiger partial charge in [0.1, 0.15) is 5.82 Å². The molecule has 0 aliphatic carbocycles. The first kappa shape index (κ1) is 18.4. The molecule has 1 aromatic carbocycles. The van der Waals surface area contributed by atoms with E-state index in [-0.39, 0.29) is 24.2 Å². The van der Waals surface area contributed by atoms with Gasteiger partial charge in [0.05, 0.1) is 17.0 Å². The summed E-state index contributed by atoms with van der Waals surface area (Å²) in [5.41, 5.74) is 4.09. The number of aromatic nitrogens is 2. The molecule has 0 bridgehead atoms. The van der Waals surface area contributed by atoms with Crippen molar-refractivity contribution in [2.45, 2.75) is 52.5 Å². The zero-order valence-corrected chi connectivity index (χ0v) is 16.3. The number of aryl methyl sites for hydroxylation is 3. The Bertz CT molecular complexity index is 853. The summed E-state index contributed by atoms with van der Waals surface area (Å²) in [7, 11) is 1.76. The van der Waals surface area contributed by atoms with Crippen LogP contribution in [0.3, 0.4) is 0 Å². The molecule has 2 heterocycles. The van der Waals surface area contributed by atoms with E-state index >= 15 is 0 Å².